The monoisotopic (exact) mass is 389 g/mol. The van der Waals surface area contributed by atoms with Crippen molar-refractivity contribution in [3.8, 4) is 0 Å². The number of amides is 1. The van der Waals surface area contributed by atoms with Gasteiger partial charge in [-0.1, -0.05) is 54.9 Å². The molecule has 0 radical (unpaired) electrons. The molecule has 0 spiro atoms. The molecule has 0 unspecified atom stereocenters. The smallest absolute Gasteiger partial charge is 0.235 e. The Bertz CT molecular complexity index is 758. The summed E-state index contributed by atoms with van der Waals surface area (Å²) in [5, 5.41) is 0. The largest absolute Gasteiger partial charge is 0.308 e. The number of carbonyl (C=O) groups is 2. The lowest BCUT2D eigenvalue weighted by Gasteiger charge is -2.43. The zero-order chi connectivity index (χ0) is 17.5. The number of anilines is 1. The highest BCUT2D eigenvalue weighted by atomic mass is 79.9. The van der Waals surface area contributed by atoms with Crippen molar-refractivity contribution >= 4 is 33.3 Å². The van der Waals surface area contributed by atoms with E-state index in [1.54, 1.807) is 0 Å². The number of halogens is 1. The van der Waals surface area contributed by atoms with Crippen molar-refractivity contribution in [2.24, 2.45) is 16.2 Å². The molecule has 128 valence electrons. The van der Waals surface area contributed by atoms with Crippen LogP contribution in [0.25, 0.3) is 0 Å². The van der Waals surface area contributed by atoms with Crippen LogP contribution < -0.4 is 4.90 Å². The summed E-state index contributed by atoms with van der Waals surface area (Å²) in [5.74, 6) is 0.327. The van der Waals surface area contributed by atoms with Crippen LogP contribution >= 0.6 is 15.9 Å². The maximum atomic E-state index is 13.9. The number of hydrogen-bond donors (Lipinski definition) is 0. The van der Waals surface area contributed by atoms with E-state index in [0.29, 0.717) is 0 Å². The average molecular weight is 390 g/mol. The Hall–Kier alpha value is -1.16. The van der Waals surface area contributed by atoms with Crippen LogP contribution in [0.15, 0.2) is 24.3 Å². The Morgan fingerprint density at radius 3 is 2.50 bits per heavy atom. The minimum atomic E-state index is -0.648. The highest BCUT2D eigenvalue weighted by molar-refractivity contribution is 9.10. The van der Waals surface area contributed by atoms with Crippen LogP contribution in [0.2, 0.25) is 0 Å². The van der Waals surface area contributed by atoms with E-state index >= 15 is 0 Å². The zero-order valence-corrected chi connectivity index (χ0v) is 16.3. The highest BCUT2D eigenvalue weighted by Crippen LogP contribution is 2.72. The Kier molecular flexibility index (Phi) is 3.21. The summed E-state index contributed by atoms with van der Waals surface area (Å²) in [6.07, 6.45) is 2.47. The third kappa shape index (κ3) is 1.55. The molecule has 2 bridgehead atoms. The van der Waals surface area contributed by atoms with Gasteiger partial charge in [-0.25, -0.2) is 0 Å². The third-order valence-corrected chi connectivity index (χ3v) is 8.73. The molecule has 4 rings (SSSR count). The topological polar surface area (TPSA) is 37.4 Å². The summed E-state index contributed by atoms with van der Waals surface area (Å²) in [5.41, 5.74) is 0.834. The van der Waals surface area contributed by atoms with Gasteiger partial charge in [-0.3, -0.25) is 9.59 Å². The lowest BCUT2D eigenvalue weighted by Crippen LogP contribution is -2.54. The number of ketones is 1. The zero-order valence-electron chi connectivity index (χ0n) is 14.7. The van der Waals surface area contributed by atoms with Crippen molar-refractivity contribution in [1.82, 2.24) is 0 Å². The molecule has 1 aromatic rings. The Morgan fingerprint density at radius 2 is 1.88 bits per heavy atom. The number of Topliss-reactive ketones (excluding diaryl/α,β-unsaturated/α-hetero) is 1. The van der Waals surface area contributed by atoms with Crippen LogP contribution in [0, 0.1) is 16.2 Å². The van der Waals surface area contributed by atoms with Crippen molar-refractivity contribution < 1.29 is 9.59 Å². The van der Waals surface area contributed by atoms with Gasteiger partial charge >= 0.3 is 0 Å². The minimum absolute atomic E-state index is 0.126. The Labute approximate surface area is 151 Å². The van der Waals surface area contributed by atoms with Crippen LogP contribution in [0.5, 0.6) is 0 Å². The molecule has 4 atom stereocenters. The third-order valence-electron chi connectivity index (χ3n) is 7.53. The van der Waals surface area contributed by atoms with E-state index < -0.39 is 10.8 Å². The Balaban J connectivity index is 1.85. The number of para-hydroxylation sites is 1. The maximum absolute atomic E-state index is 13.9. The van der Waals surface area contributed by atoms with Gasteiger partial charge in [0.25, 0.3) is 0 Å². The fraction of sp³-hybridized carbons (Fsp3) is 0.600. The number of fused-ring (bicyclic) bond motifs is 3. The summed E-state index contributed by atoms with van der Waals surface area (Å²) in [6.45, 7) is 8.39. The maximum Gasteiger partial charge on any atom is 0.235 e. The first-order valence-corrected chi connectivity index (χ1v) is 9.70. The second-order valence-electron chi connectivity index (χ2n) is 8.51. The van der Waals surface area contributed by atoms with Crippen LogP contribution in [0.3, 0.4) is 0 Å². The van der Waals surface area contributed by atoms with E-state index in [1.807, 2.05) is 30.0 Å². The molecule has 3 aliphatic rings. The first-order valence-electron chi connectivity index (χ1n) is 8.78. The van der Waals surface area contributed by atoms with Gasteiger partial charge in [-0.05, 0) is 43.2 Å². The second-order valence-corrected chi connectivity index (χ2v) is 9.43. The molecule has 2 fully saturated rings. The van der Waals surface area contributed by atoms with E-state index in [4.69, 9.17) is 0 Å². The van der Waals surface area contributed by atoms with E-state index in [2.05, 4.69) is 42.8 Å². The van der Waals surface area contributed by atoms with Crippen LogP contribution in [-0.4, -0.2) is 22.6 Å². The minimum Gasteiger partial charge on any atom is -0.308 e. The molecule has 24 heavy (non-hydrogen) atoms. The number of hydrogen-bond acceptors (Lipinski definition) is 2. The second kappa shape index (κ2) is 4.72. The van der Waals surface area contributed by atoms with Crippen LogP contribution in [0.1, 0.15) is 46.1 Å². The van der Waals surface area contributed by atoms with Crippen LogP contribution in [0.4, 0.5) is 5.69 Å². The molecule has 2 aliphatic carbocycles. The first kappa shape index (κ1) is 16.3. The van der Waals surface area contributed by atoms with E-state index in [9.17, 15) is 9.59 Å². The highest BCUT2D eigenvalue weighted by Gasteiger charge is 2.77. The summed E-state index contributed by atoms with van der Waals surface area (Å²) in [4.78, 5) is 28.4. The summed E-state index contributed by atoms with van der Waals surface area (Å²) >= 11 is 3.64. The van der Waals surface area contributed by atoms with Gasteiger partial charge in [0, 0.05) is 17.1 Å². The quantitative estimate of drug-likeness (QED) is 0.677. The molecule has 1 aliphatic heterocycles. The molecule has 1 amide bonds. The van der Waals surface area contributed by atoms with Gasteiger partial charge in [0.2, 0.25) is 5.91 Å². The van der Waals surface area contributed by atoms with Crippen molar-refractivity contribution in [3.05, 3.63) is 29.8 Å². The molecule has 2 saturated carbocycles. The van der Waals surface area contributed by atoms with Gasteiger partial charge in [0.15, 0.2) is 5.78 Å². The number of carbonyl (C=O) groups excluding carboxylic acids is 2. The fourth-order valence-corrected chi connectivity index (χ4v) is 7.02. The number of nitrogens with zero attached hydrogens (tertiary/aromatic N) is 1. The van der Waals surface area contributed by atoms with Crippen molar-refractivity contribution in [1.29, 1.82) is 0 Å². The summed E-state index contributed by atoms with van der Waals surface area (Å²) < 4.78 is 0. The lowest BCUT2D eigenvalue weighted by atomic mass is 9.64. The van der Waals surface area contributed by atoms with Crippen LogP contribution in [-0.2, 0) is 16.0 Å². The van der Waals surface area contributed by atoms with E-state index in [-0.39, 0.29) is 28.0 Å². The predicted molar refractivity (Wildman–Crippen MR) is 98.4 cm³/mol. The average Bonchev–Trinajstić information content (AvgIpc) is 3.01. The van der Waals surface area contributed by atoms with Crippen molar-refractivity contribution in [2.75, 3.05) is 4.90 Å². The molecule has 3 nitrogen and oxygen atoms in total. The fourth-order valence-electron chi connectivity index (χ4n) is 5.52. The molecular weight excluding hydrogens is 366 g/mol. The summed E-state index contributed by atoms with van der Waals surface area (Å²) in [7, 11) is 0. The molecule has 0 N–H and O–H groups in total. The summed E-state index contributed by atoms with van der Waals surface area (Å²) in [6, 6.07) is 8.30. The SMILES string of the molecule is C[C@@H]1Cc2ccccc2N1C(=O)[C@@]12CC[C@](C)(C(=O)[C@@H]1Br)C2(C)C. The Morgan fingerprint density at radius 1 is 1.21 bits per heavy atom. The van der Waals surface area contributed by atoms with Gasteiger partial charge in [-0.2, -0.15) is 0 Å². The first-order chi connectivity index (χ1) is 11.2. The normalized spacial score (nSPS) is 39.4. The van der Waals surface area contributed by atoms with Crippen molar-refractivity contribution in [2.45, 2.75) is 57.8 Å². The molecule has 1 heterocycles. The molecule has 1 aromatic carbocycles. The molecule has 0 aromatic heterocycles. The predicted octanol–water partition coefficient (Wildman–Crippen LogP) is 4.12. The van der Waals surface area contributed by atoms with E-state index in [1.165, 1.54) is 5.56 Å². The molecule has 4 heteroatoms. The van der Waals surface area contributed by atoms with Gasteiger partial charge < -0.3 is 4.90 Å². The lowest BCUT2D eigenvalue weighted by molar-refractivity contribution is -0.133. The van der Waals surface area contributed by atoms with E-state index in [0.717, 1.165) is 24.9 Å². The van der Waals surface area contributed by atoms with Crippen molar-refractivity contribution in [3.63, 3.8) is 0 Å². The number of alkyl halides is 1. The standard InChI is InChI=1S/C20H24BrNO2/c1-12-11-13-7-5-6-8-14(13)22(12)17(24)20-10-9-19(4,18(20,2)3)16(23)15(20)21/h5-8,12,15H,9-11H2,1-4H3/t12-,15+,19-,20-/m1/s1. The molecule has 0 saturated heterocycles. The number of rotatable bonds is 1. The number of benzene rings is 1. The van der Waals surface area contributed by atoms with Gasteiger partial charge in [-0.15, -0.1) is 0 Å². The molecular formula is C20H24BrNO2. The van der Waals surface area contributed by atoms with Gasteiger partial charge in [0.05, 0.1) is 10.2 Å². The van der Waals surface area contributed by atoms with Gasteiger partial charge in [0.1, 0.15) is 0 Å².